The van der Waals surface area contributed by atoms with Crippen LogP contribution in [0, 0.1) is 5.41 Å². The highest BCUT2D eigenvalue weighted by molar-refractivity contribution is 7.99. The van der Waals surface area contributed by atoms with Gasteiger partial charge in [-0.25, -0.2) is 0 Å². The van der Waals surface area contributed by atoms with Crippen LogP contribution in [0.25, 0.3) is 0 Å². The lowest BCUT2D eigenvalue weighted by atomic mass is 9.65. The zero-order valence-corrected chi connectivity index (χ0v) is 9.98. The van der Waals surface area contributed by atoms with Gasteiger partial charge in [-0.15, -0.1) is 0 Å². The van der Waals surface area contributed by atoms with E-state index in [1.165, 1.54) is 0 Å². The molecule has 0 radical (unpaired) electrons. The van der Waals surface area contributed by atoms with Crippen molar-refractivity contribution >= 4 is 11.8 Å². The Hall–Kier alpha value is 0.230. The summed E-state index contributed by atoms with van der Waals surface area (Å²) < 4.78 is 0. The Morgan fingerprint density at radius 1 is 1.20 bits per heavy atom. The molecule has 0 bridgehead atoms. The fourth-order valence-electron chi connectivity index (χ4n) is 2.89. The molecule has 0 spiro atoms. The van der Waals surface area contributed by atoms with Crippen molar-refractivity contribution in [3.63, 3.8) is 0 Å². The minimum absolute atomic E-state index is 0.112. The number of rotatable bonds is 2. The van der Waals surface area contributed by atoms with Gasteiger partial charge in [0, 0.05) is 12.0 Å². The van der Waals surface area contributed by atoms with E-state index in [4.69, 9.17) is 0 Å². The molecule has 0 saturated carbocycles. The molecule has 2 fully saturated rings. The van der Waals surface area contributed by atoms with Crippen LogP contribution in [0.1, 0.15) is 25.7 Å². The molecule has 0 aliphatic carbocycles. The molecule has 0 aromatic heterocycles. The lowest BCUT2D eigenvalue weighted by molar-refractivity contribution is -0.124. The minimum Gasteiger partial charge on any atom is -0.396 e. The molecule has 2 saturated heterocycles. The van der Waals surface area contributed by atoms with Crippen molar-refractivity contribution in [2.45, 2.75) is 31.3 Å². The Balaban J connectivity index is 2.15. The number of aliphatic hydroxyl groups is 2. The molecule has 3 N–H and O–H groups in total. The molecule has 0 amide bonds. The maximum Gasteiger partial charge on any atom is 0.0753 e. The average molecular weight is 231 g/mol. The predicted octanol–water partition coefficient (Wildman–Crippen LogP) is 0.607. The molecule has 0 aromatic rings. The van der Waals surface area contributed by atoms with Crippen molar-refractivity contribution in [2.24, 2.45) is 5.41 Å². The first-order chi connectivity index (χ1) is 7.22. The van der Waals surface area contributed by atoms with Gasteiger partial charge in [-0.3, -0.25) is 0 Å². The van der Waals surface area contributed by atoms with Crippen LogP contribution < -0.4 is 5.32 Å². The van der Waals surface area contributed by atoms with E-state index in [1.807, 2.05) is 11.8 Å². The van der Waals surface area contributed by atoms with E-state index >= 15 is 0 Å². The van der Waals surface area contributed by atoms with Gasteiger partial charge < -0.3 is 15.5 Å². The third kappa shape index (κ3) is 2.05. The lowest BCUT2D eigenvalue weighted by Crippen LogP contribution is -2.59. The summed E-state index contributed by atoms with van der Waals surface area (Å²) in [4.78, 5) is 0. The van der Waals surface area contributed by atoms with Crippen LogP contribution in [0.3, 0.4) is 0 Å². The molecule has 4 heteroatoms. The van der Waals surface area contributed by atoms with Gasteiger partial charge in [-0.2, -0.15) is 11.8 Å². The number of nitrogens with one attached hydrogen (secondary N) is 1. The first-order valence-electron chi connectivity index (χ1n) is 5.84. The molecule has 3 nitrogen and oxygen atoms in total. The number of hydrogen-bond acceptors (Lipinski definition) is 4. The van der Waals surface area contributed by atoms with Crippen molar-refractivity contribution in [3.8, 4) is 0 Å². The molecule has 2 heterocycles. The normalized spacial score (nSPS) is 36.4. The predicted molar refractivity (Wildman–Crippen MR) is 63.1 cm³/mol. The smallest absolute Gasteiger partial charge is 0.0753 e. The molecule has 2 rings (SSSR count). The topological polar surface area (TPSA) is 52.5 Å². The fraction of sp³-hybridized carbons (Fsp3) is 1.00. The Kier molecular flexibility index (Phi) is 3.60. The van der Waals surface area contributed by atoms with Gasteiger partial charge in [0.2, 0.25) is 0 Å². The summed E-state index contributed by atoms with van der Waals surface area (Å²) in [6.45, 7) is 1.90. The number of hydrogen-bond donors (Lipinski definition) is 3. The third-order valence-corrected chi connectivity index (χ3v) is 5.07. The zero-order chi connectivity index (χ0) is 10.8. The molecular weight excluding hydrogens is 210 g/mol. The lowest BCUT2D eigenvalue weighted by Gasteiger charge is -2.50. The molecule has 2 aliphatic heterocycles. The maximum absolute atomic E-state index is 10.7. The van der Waals surface area contributed by atoms with Crippen molar-refractivity contribution in [3.05, 3.63) is 0 Å². The molecule has 0 aromatic carbocycles. The van der Waals surface area contributed by atoms with Gasteiger partial charge in [-0.05, 0) is 43.7 Å². The average Bonchev–Trinajstić information content (AvgIpc) is 2.31. The van der Waals surface area contributed by atoms with Gasteiger partial charge in [0.15, 0.2) is 0 Å². The Bertz CT molecular complexity index is 211. The Morgan fingerprint density at radius 3 is 2.47 bits per heavy atom. The first kappa shape index (κ1) is 11.7. The van der Waals surface area contributed by atoms with Crippen LogP contribution in [0.4, 0.5) is 0 Å². The van der Waals surface area contributed by atoms with E-state index in [-0.39, 0.29) is 12.0 Å². The van der Waals surface area contributed by atoms with Crippen LogP contribution >= 0.6 is 11.8 Å². The molecule has 1 unspecified atom stereocenters. The second kappa shape index (κ2) is 4.62. The first-order valence-corrected chi connectivity index (χ1v) is 7.00. The maximum atomic E-state index is 10.7. The van der Waals surface area contributed by atoms with E-state index in [2.05, 4.69) is 5.32 Å². The van der Waals surface area contributed by atoms with Crippen LogP contribution in [-0.4, -0.2) is 47.0 Å². The quantitative estimate of drug-likeness (QED) is 0.652. The van der Waals surface area contributed by atoms with Crippen molar-refractivity contribution in [1.29, 1.82) is 0 Å². The highest BCUT2D eigenvalue weighted by atomic mass is 32.2. The second-order valence-electron chi connectivity index (χ2n) is 4.86. The summed E-state index contributed by atoms with van der Waals surface area (Å²) in [6.07, 6.45) is 3.69. The van der Waals surface area contributed by atoms with Crippen LogP contribution in [0.15, 0.2) is 0 Å². The van der Waals surface area contributed by atoms with E-state index < -0.39 is 5.60 Å². The molecular formula is C11H21NO2S. The van der Waals surface area contributed by atoms with E-state index in [0.717, 1.165) is 50.3 Å². The van der Waals surface area contributed by atoms with Crippen molar-refractivity contribution < 1.29 is 10.2 Å². The largest absolute Gasteiger partial charge is 0.396 e. The van der Waals surface area contributed by atoms with Crippen LogP contribution in [0.2, 0.25) is 0 Å². The molecule has 15 heavy (non-hydrogen) atoms. The Labute approximate surface area is 95.6 Å². The standard InChI is InChI=1S/C11H21NO2S/c13-9-10(2-1-5-12-8-10)11(14)3-6-15-7-4-11/h12-14H,1-9H2. The molecule has 1 atom stereocenters. The van der Waals surface area contributed by atoms with Gasteiger partial charge in [0.25, 0.3) is 0 Å². The van der Waals surface area contributed by atoms with Crippen LogP contribution in [-0.2, 0) is 0 Å². The molecule has 88 valence electrons. The number of thioether (sulfide) groups is 1. The van der Waals surface area contributed by atoms with Gasteiger partial charge >= 0.3 is 0 Å². The van der Waals surface area contributed by atoms with E-state index in [1.54, 1.807) is 0 Å². The summed E-state index contributed by atoms with van der Waals surface area (Å²) in [5.74, 6) is 2.05. The number of piperidine rings is 1. The third-order valence-electron chi connectivity index (χ3n) is 4.08. The SMILES string of the molecule is OCC1(C2(O)CCSCC2)CCCNC1. The number of aliphatic hydroxyl groups excluding tert-OH is 1. The summed E-state index contributed by atoms with van der Waals surface area (Å²) in [5.41, 5.74) is -0.924. The van der Waals surface area contributed by atoms with Gasteiger partial charge in [-0.1, -0.05) is 0 Å². The van der Waals surface area contributed by atoms with Crippen molar-refractivity contribution in [1.82, 2.24) is 5.32 Å². The van der Waals surface area contributed by atoms with Crippen molar-refractivity contribution in [2.75, 3.05) is 31.2 Å². The highest BCUT2D eigenvalue weighted by Crippen LogP contribution is 2.45. The van der Waals surface area contributed by atoms with Crippen LogP contribution in [0.5, 0.6) is 0 Å². The monoisotopic (exact) mass is 231 g/mol. The summed E-state index contributed by atoms with van der Waals surface area (Å²) in [5, 5.41) is 23.7. The molecule has 2 aliphatic rings. The summed E-state index contributed by atoms with van der Waals surface area (Å²) >= 11 is 1.91. The van der Waals surface area contributed by atoms with E-state index in [9.17, 15) is 10.2 Å². The zero-order valence-electron chi connectivity index (χ0n) is 9.17. The second-order valence-corrected chi connectivity index (χ2v) is 6.09. The summed E-state index contributed by atoms with van der Waals surface area (Å²) in [7, 11) is 0. The van der Waals surface area contributed by atoms with Gasteiger partial charge in [0.1, 0.15) is 0 Å². The highest BCUT2D eigenvalue weighted by Gasteiger charge is 2.50. The summed E-state index contributed by atoms with van der Waals surface area (Å²) in [6, 6.07) is 0. The van der Waals surface area contributed by atoms with E-state index in [0.29, 0.717) is 0 Å². The minimum atomic E-state index is -0.638. The fourth-order valence-corrected chi connectivity index (χ4v) is 4.05. The van der Waals surface area contributed by atoms with Gasteiger partial charge in [0.05, 0.1) is 12.2 Å². The Morgan fingerprint density at radius 2 is 1.93 bits per heavy atom.